The molecule has 5 heteroatoms. The van der Waals surface area contributed by atoms with Crippen LogP contribution in [0, 0.1) is 22.3 Å². The first-order chi connectivity index (χ1) is 8.15. The van der Waals surface area contributed by atoms with Crippen LogP contribution in [0.15, 0.2) is 12.1 Å². The van der Waals surface area contributed by atoms with Gasteiger partial charge in [0.15, 0.2) is 16.4 Å². The van der Waals surface area contributed by atoms with Crippen molar-refractivity contribution in [3.05, 3.63) is 28.5 Å². The fourth-order valence-corrected chi connectivity index (χ4v) is 2.55. The van der Waals surface area contributed by atoms with Crippen LogP contribution in [0.1, 0.15) is 19.3 Å². The lowest BCUT2D eigenvalue weighted by molar-refractivity contribution is 0.278. The van der Waals surface area contributed by atoms with Crippen LogP contribution in [-0.2, 0) is 6.54 Å². The normalized spacial score (nSPS) is 16.4. The Morgan fingerprint density at radius 1 is 1.29 bits per heavy atom. The molecule has 1 aromatic heterocycles. The van der Waals surface area contributed by atoms with Crippen LogP contribution in [0.4, 0.5) is 8.78 Å². The molecule has 2 nitrogen and oxygen atoms in total. The number of rotatable bonds is 2. The molecule has 0 atom stereocenters. The molecule has 1 heterocycles. The van der Waals surface area contributed by atoms with E-state index in [1.807, 2.05) is 4.57 Å². The van der Waals surface area contributed by atoms with Gasteiger partial charge in [-0.1, -0.05) is 6.42 Å². The van der Waals surface area contributed by atoms with Crippen molar-refractivity contribution in [1.29, 1.82) is 0 Å². The summed E-state index contributed by atoms with van der Waals surface area (Å²) in [6, 6.07) is 2.38. The minimum absolute atomic E-state index is 0.539. The van der Waals surface area contributed by atoms with Crippen LogP contribution in [0.2, 0.25) is 0 Å². The van der Waals surface area contributed by atoms with Crippen molar-refractivity contribution in [1.82, 2.24) is 9.55 Å². The molecule has 1 aromatic carbocycles. The van der Waals surface area contributed by atoms with Gasteiger partial charge in [-0.2, -0.15) is 0 Å². The van der Waals surface area contributed by atoms with Gasteiger partial charge in [-0.15, -0.1) is 0 Å². The fourth-order valence-electron chi connectivity index (χ4n) is 2.27. The maximum absolute atomic E-state index is 13.2. The summed E-state index contributed by atoms with van der Waals surface area (Å²) in [5.74, 6) is -1.05. The van der Waals surface area contributed by atoms with E-state index in [-0.39, 0.29) is 0 Å². The van der Waals surface area contributed by atoms with E-state index in [1.54, 1.807) is 0 Å². The summed E-state index contributed by atoms with van der Waals surface area (Å²) in [7, 11) is 0. The minimum Gasteiger partial charge on any atom is -0.330 e. The molecule has 0 spiro atoms. The third-order valence-electron chi connectivity index (χ3n) is 3.48. The number of H-pyrrole nitrogens is 1. The van der Waals surface area contributed by atoms with E-state index in [1.165, 1.54) is 25.3 Å². The average molecular weight is 254 g/mol. The van der Waals surface area contributed by atoms with Gasteiger partial charge >= 0.3 is 0 Å². The predicted octanol–water partition coefficient (Wildman–Crippen LogP) is 3.78. The van der Waals surface area contributed by atoms with Crippen LogP contribution in [-0.4, -0.2) is 9.55 Å². The van der Waals surface area contributed by atoms with E-state index in [0.29, 0.717) is 21.7 Å². The zero-order valence-corrected chi connectivity index (χ0v) is 9.99. The molecule has 90 valence electrons. The highest BCUT2D eigenvalue weighted by Gasteiger charge is 2.19. The number of benzene rings is 1. The second-order valence-electron chi connectivity index (χ2n) is 4.62. The maximum atomic E-state index is 13.2. The molecule has 0 radical (unpaired) electrons. The third kappa shape index (κ3) is 1.78. The number of imidazole rings is 1. The van der Waals surface area contributed by atoms with Gasteiger partial charge in [0, 0.05) is 18.7 Å². The molecule has 1 fully saturated rings. The Kier molecular flexibility index (Phi) is 2.50. The second-order valence-corrected chi connectivity index (χ2v) is 5.01. The van der Waals surface area contributed by atoms with Gasteiger partial charge in [-0.05, 0) is 31.0 Å². The van der Waals surface area contributed by atoms with E-state index in [2.05, 4.69) is 4.98 Å². The lowest BCUT2D eigenvalue weighted by atomic mass is 9.85. The molecule has 1 aliphatic carbocycles. The van der Waals surface area contributed by atoms with Crippen molar-refractivity contribution in [2.45, 2.75) is 25.8 Å². The Bertz CT molecular complexity index is 625. The number of hydrogen-bond donors (Lipinski definition) is 1. The SMILES string of the molecule is Fc1cc2[nH]c(=S)n(CC3CCC3)c2cc1F. The van der Waals surface area contributed by atoms with Gasteiger partial charge in [0.25, 0.3) is 0 Å². The summed E-state index contributed by atoms with van der Waals surface area (Å²) in [5, 5.41) is 0. The van der Waals surface area contributed by atoms with E-state index >= 15 is 0 Å². The summed E-state index contributed by atoms with van der Waals surface area (Å²) in [6.45, 7) is 0.796. The number of fused-ring (bicyclic) bond motifs is 1. The largest absolute Gasteiger partial charge is 0.330 e. The first-order valence-corrected chi connectivity index (χ1v) is 6.13. The van der Waals surface area contributed by atoms with Crippen molar-refractivity contribution in [2.24, 2.45) is 5.92 Å². The molecule has 1 saturated carbocycles. The monoisotopic (exact) mass is 254 g/mol. The molecule has 1 aliphatic rings. The molecule has 0 amide bonds. The number of nitrogens with zero attached hydrogens (tertiary/aromatic N) is 1. The van der Waals surface area contributed by atoms with E-state index in [4.69, 9.17) is 12.2 Å². The molecular weight excluding hydrogens is 242 g/mol. The average Bonchev–Trinajstić information content (AvgIpc) is 2.49. The third-order valence-corrected chi connectivity index (χ3v) is 3.80. The van der Waals surface area contributed by atoms with Crippen LogP contribution in [0.3, 0.4) is 0 Å². The molecule has 0 unspecified atom stereocenters. The molecule has 3 rings (SSSR count). The Morgan fingerprint density at radius 2 is 2.00 bits per heavy atom. The molecule has 2 aromatic rings. The Balaban J connectivity index is 2.12. The highest BCUT2D eigenvalue weighted by atomic mass is 32.1. The molecular formula is C12H12F2N2S. The minimum atomic E-state index is -0.843. The summed E-state index contributed by atoms with van der Waals surface area (Å²) < 4.78 is 28.7. The van der Waals surface area contributed by atoms with Gasteiger partial charge in [-0.25, -0.2) is 8.78 Å². The maximum Gasteiger partial charge on any atom is 0.178 e. The van der Waals surface area contributed by atoms with E-state index in [9.17, 15) is 8.78 Å². The number of aromatic amines is 1. The van der Waals surface area contributed by atoms with Gasteiger partial charge in [0.2, 0.25) is 0 Å². The van der Waals surface area contributed by atoms with Gasteiger partial charge in [0.1, 0.15) is 0 Å². The quantitative estimate of drug-likeness (QED) is 0.809. The second kappa shape index (κ2) is 3.91. The zero-order valence-electron chi connectivity index (χ0n) is 9.17. The van der Waals surface area contributed by atoms with Crippen molar-refractivity contribution in [2.75, 3.05) is 0 Å². The summed E-state index contributed by atoms with van der Waals surface area (Å²) in [4.78, 5) is 2.92. The first kappa shape index (κ1) is 10.9. The predicted molar refractivity (Wildman–Crippen MR) is 64.4 cm³/mol. The topological polar surface area (TPSA) is 20.7 Å². The number of nitrogens with one attached hydrogen (secondary N) is 1. The van der Waals surface area contributed by atoms with Crippen LogP contribution >= 0.6 is 12.2 Å². The van der Waals surface area contributed by atoms with Crippen molar-refractivity contribution in [3.8, 4) is 0 Å². The summed E-state index contributed by atoms with van der Waals surface area (Å²) in [5.41, 5.74) is 1.22. The van der Waals surface area contributed by atoms with E-state index in [0.717, 1.165) is 12.6 Å². The molecule has 1 N–H and O–H groups in total. The Labute approximate surface area is 102 Å². The van der Waals surface area contributed by atoms with Crippen LogP contribution < -0.4 is 0 Å². The first-order valence-electron chi connectivity index (χ1n) is 5.72. The van der Waals surface area contributed by atoms with Crippen molar-refractivity contribution in [3.63, 3.8) is 0 Å². The molecule has 0 saturated heterocycles. The van der Waals surface area contributed by atoms with Gasteiger partial charge < -0.3 is 9.55 Å². The van der Waals surface area contributed by atoms with Gasteiger partial charge in [-0.3, -0.25) is 0 Å². The highest BCUT2D eigenvalue weighted by Crippen LogP contribution is 2.29. The number of hydrogen-bond acceptors (Lipinski definition) is 1. The number of halogens is 2. The Morgan fingerprint density at radius 3 is 2.65 bits per heavy atom. The Hall–Kier alpha value is -1.23. The summed E-state index contributed by atoms with van der Waals surface area (Å²) in [6.07, 6.45) is 3.64. The lowest BCUT2D eigenvalue weighted by Crippen LogP contribution is -2.18. The standard InChI is InChI=1S/C12H12F2N2S/c13-8-4-10-11(5-9(8)14)16(12(17)15-10)6-7-2-1-3-7/h4-5,7H,1-3,6H2,(H,15,17). The van der Waals surface area contributed by atoms with Crippen molar-refractivity contribution < 1.29 is 8.78 Å². The molecule has 0 bridgehead atoms. The molecule has 0 aliphatic heterocycles. The lowest BCUT2D eigenvalue weighted by Gasteiger charge is -2.25. The van der Waals surface area contributed by atoms with Gasteiger partial charge in [0.05, 0.1) is 11.0 Å². The van der Waals surface area contributed by atoms with Crippen molar-refractivity contribution >= 4 is 23.3 Å². The smallest absolute Gasteiger partial charge is 0.178 e. The van der Waals surface area contributed by atoms with E-state index < -0.39 is 11.6 Å². The fraction of sp³-hybridized carbons (Fsp3) is 0.417. The van der Waals surface area contributed by atoms with Crippen LogP contribution in [0.25, 0.3) is 11.0 Å². The number of aromatic nitrogens is 2. The zero-order chi connectivity index (χ0) is 12.0. The molecule has 17 heavy (non-hydrogen) atoms. The highest BCUT2D eigenvalue weighted by molar-refractivity contribution is 7.71. The summed E-state index contributed by atoms with van der Waals surface area (Å²) >= 11 is 5.19. The van der Waals surface area contributed by atoms with Crippen LogP contribution in [0.5, 0.6) is 0 Å².